The predicted octanol–water partition coefficient (Wildman–Crippen LogP) is 3.37. The highest BCUT2D eigenvalue weighted by Gasteiger charge is 2.45. The molecule has 9 nitrogen and oxygen atoms in total. The Morgan fingerprint density at radius 1 is 1.21 bits per heavy atom. The number of ether oxygens (including phenoxy) is 1. The van der Waals surface area contributed by atoms with Gasteiger partial charge in [0.1, 0.15) is 23.4 Å². The van der Waals surface area contributed by atoms with E-state index >= 15 is 0 Å². The second kappa shape index (κ2) is 8.35. The Balaban J connectivity index is 1.31. The Hall–Kier alpha value is -3.10. The molecule has 3 N–H and O–H groups in total. The molecule has 2 bridgehead atoms. The number of pyridine rings is 1. The summed E-state index contributed by atoms with van der Waals surface area (Å²) in [5.41, 5.74) is 2.60. The van der Waals surface area contributed by atoms with Crippen LogP contribution in [0.3, 0.4) is 0 Å². The number of carbonyl (C=O) groups is 1. The molecule has 1 amide bonds. The van der Waals surface area contributed by atoms with Crippen molar-refractivity contribution >= 4 is 17.7 Å². The third-order valence-corrected chi connectivity index (χ3v) is 6.52. The first-order valence-electron chi connectivity index (χ1n) is 11.8. The molecule has 33 heavy (non-hydrogen) atoms. The highest BCUT2D eigenvalue weighted by atomic mass is 16.6. The van der Waals surface area contributed by atoms with Crippen LogP contribution in [0.15, 0.2) is 29.4 Å². The fourth-order valence-electron chi connectivity index (χ4n) is 5.23. The largest absolute Gasteiger partial charge is 0.444 e. The molecule has 176 valence electrons. The molecule has 3 aliphatic rings. The first-order valence-corrected chi connectivity index (χ1v) is 11.8. The Morgan fingerprint density at radius 3 is 2.64 bits per heavy atom. The average molecular weight is 452 g/mol. The number of anilines is 1. The maximum atomic E-state index is 12.8. The first kappa shape index (κ1) is 21.7. The number of aromatic nitrogens is 3. The summed E-state index contributed by atoms with van der Waals surface area (Å²) in [5, 5.41) is 14.4. The Labute approximate surface area is 194 Å². The van der Waals surface area contributed by atoms with Gasteiger partial charge in [0.2, 0.25) is 0 Å². The van der Waals surface area contributed by atoms with Gasteiger partial charge in [-0.1, -0.05) is 0 Å². The van der Waals surface area contributed by atoms with Crippen LogP contribution in [-0.2, 0) is 11.2 Å². The van der Waals surface area contributed by atoms with Crippen molar-refractivity contribution in [2.24, 2.45) is 4.99 Å². The summed E-state index contributed by atoms with van der Waals surface area (Å²) in [6.45, 7) is 7.73. The lowest BCUT2D eigenvalue weighted by atomic mass is 9.96. The Kier molecular flexibility index (Phi) is 5.50. The lowest BCUT2D eigenvalue weighted by molar-refractivity contribution is 0.00548. The van der Waals surface area contributed by atoms with Crippen molar-refractivity contribution in [2.45, 2.75) is 89.7 Å². The summed E-state index contributed by atoms with van der Waals surface area (Å²) in [6, 6.07) is 6.66. The van der Waals surface area contributed by atoms with Crippen LogP contribution in [0.25, 0.3) is 0 Å². The van der Waals surface area contributed by atoms with E-state index in [2.05, 4.69) is 31.9 Å². The number of carbonyl (C=O) groups excluding carboxylic acids is 1. The molecule has 1 unspecified atom stereocenters. The molecule has 2 fully saturated rings. The van der Waals surface area contributed by atoms with Crippen molar-refractivity contribution in [3.05, 3.63) is 41.3 Å². The third kappa shape index (κ3) is 4.67. The molecule has 3 aliphatic heterocycles. The van der Waals surface area contributed by atoms with Gasteiger partial charge in [-0.25, -0.2) is 9.79 Å². The standard InChI is InChI=1S/C24H33N7O2/c1-14-10-21(30-29-14)27-20-13-19-18(6-5-9-25-19)22(28-20)26-15-11-16-7-8-17(12-15)31(16)23(32)33-24(2,3)4/h5-6,9-10,15-17,20H,7-8,11-13H2,1-4H3,(H,26,28)(H2,27,29,30)/t15-,16-,17+,20?. The predicted molar refractivity (Wildman–Crippen MR) is 126 cm³/mol. The van der Waals surface area contributed by atoms with Crippen molar-refractivity contribution in [1.29, 1.82) is 0 Å². The molecule has 0 aromatic carbocycles. The van der Waals surface area contributed by atoms with Gasteiger partial charge in [0.05, 0.1) is 5.69 Å². The monoisotopic (exact) mass is 451 g/mol. The van der Waals surface area contributed by atoms with E-state index in [9.17, 15) is 4.79 Å². The van der Waals surface area contributed by atoms with Gasteiger partial charge in [0, 0.05) is 48.1 Å². The van der Waals surface area contributed by atoms with Crippen LogP contribution in [-0.4, -0.2) is 61.9 Å². The highest BCUT2D eigenvalue weighted by molar-refractivity contribution is 6.01. The van der Waals surface area contributed by atoms with Gasteiger partial charge in [-0.2, -0.15) is 5.10 Å². The molecule has 2 saturated heterocycles. The first-order chi connectivity index (χ1) is 15.7. The van der Waals surface area contributed by atoms with Crippen LogP contribution in [0.5, 0.6) is 0 Å². The minimum Gasteiger partial charge on any atom is -0.444 e. The average Bonchev–Trinajstić information content (AvgIpc) is 3.27. The van der Waals surface area contributed by atoms with Gasteiger partial charge in [0.15, 0.2) is 0 Å². The number of aryl methyl sites for hydroxylation is 1. The van der Waals surface area contributed by atoms with E-state index in [1.165, 1.54) is 0 Å². The second-order valence-corrected chi connectivity index (χ2v) is 10.4. The second-order valence-electron chi connectivity index (χ2n) is 10.4. The summed E-state index contributed by atoms with van der Waals surface area (Å²) in [7, 11) is 0. The Bertz CT molecular complexity index is 1040. The summed E-state index contributed by atoms with van der Waals surface area (Å²) >= 11 is 0. The van der Waals surface area contributed by atoms with Crippen molar-refractivity contribution < 1.29 is 9.53 Å². The summed E-state index contributed by atoms with van der Waals surface area (Å²) in [5.74, 6) is 1.65. The zero-order valence-electron chi connectivity index (χ0n) is 19.8. The zero-order valence-corrected chi connectivity index (χ0v) is 19.8. The van der Waals surface area contributed by atoms with Gasteiger partial charge < -0.3 is 20.3 Å². The van der Waals surface area contributed by atoms with E-state index in [0.717, 1.165) is 54.3 Å². The van der Waals surface area contributed by atoms with Crippen LogP contribution in [0.2, 0.25) is 0 Å². The normalized spacial score (nSPS) is 26.4. The molecular weight excluding hydrogens is 418 g/mol. The van der Waals surface area contributed by atoms with Crippen LogP contribution < -0.4 is 10.6 Å². The van der Waals surface area contributed by atoms with Crippen molar-refractivity contribution in [3.8, 4) is 0 Å². The van der Waals surface area contributed by atoms with Gasteiger partial charge in [-0.15, -0.1) is 0 Å². The lowest BCUT2D eigenvalue weighted by Crippen LogP contribution is -2.54. The quantitative estimate of drug-likeness (QED) is 0.660. The molecular formula is C24H33N7O2. The number of aromatic amines is 1. The number of hydrogen-bond acceptors (Lipinski definition) is 7. The smallest absolute Gasteiger partial charge is 0.410 e. The SMILES string of the molecule is Cc1cc(NC2Cc3ncccc3C(N[C@@H]3C[C@H]4CC[C@@H](C3)N4C(=O)OC(C)(C)C)=N2)n[nH]1. The topological polar surface area (TPSA) is 108 Å². The van der Waals surface area contributed by atoms with Gasteiger partial charge >= 0.3 is 6.09 Å². The molecule has 9 heteroatoms. The molecule has 0 spiro atoms. The highest BCUT2D eigenvalue weighted by Crippen LogP contribution is 2.37. The molecule has 4 atom stereocenters. The zero-order chi connectivity index (χ0) is 23.2. The number of rotatable bonds is 3. The number of amidine groups is 1. The molecule has 5 rings (SSSR count). The minimum atomic E-state index is -0.478. The molecule has 2 aromatic rings. The summed E-state index contributed by atoms with van der Waals surface area (Å²) in [4.78, 5) is 24.4. The van der Waals surface area contributed by atoms with E-state index in [1.54, 1.807) is 0 Å². The number of aliphatic imine (C=N–C) groups is 1. The fourth-order valence-corrected chi connectivity index (χ4v) is 5.23. The third-order valence-electron chi connectivity index (χ3n) is 6.52. The summed E-state index contributed by atoms with van der Waals surface area (Å²) in [6.07, 6.45) is 6.03. The maximum absolute atomic E-state index is 12.8. The van der Waals surface area contributed by atoms with Gasteiger partial charge in [0.25, 0.3) is 0 Å². The molecule has 0 aliphatic carbocycles. The molecule has 2 aromatic heterocycles. The molecule has 5 heterocycles. The maximum Gasteiger partial charge on any atom is 0.410 e. The molecule has 0 saturated carbocycles. The van der Waals surface area contributed by atoms with E-state index < -0.39 is 5.60 Å². The number of piperidine rings is 1. The number of H-pyrrole nitrogens is 1. The van der Waals surface area contributed by atoms with E-state index in [4.69, 9.17) is 9.73 Å². The summed E-state index contributed by atoms with van der Waals surface area (Å²) < 4.78 is 5.68. The number of amides is 1. The Morgan fingerprint density at radius 2 is 1.97 bits per heavy atom. The van der Waals surface area contributed by atoms with Crippen LogP contribution in [0.4, 0.5) is 10.6 Å². The van der Waals surface area contributed by atoms with E-state index in [0.29, 0.717) is 6.42 Å². The minimum absolute atomic E-state index is 0.142. The van der Waals surface area contributed by atoms with Crippen LogP contribution in [0, 0.1) is 6.92 Å². The van der Waals surface area contributed by atoms with Crippen LogP contribution >= 0.6 is 0 Å². The lowest BCUT2D eigenvalue weighted by Gasteiger charge is -2.40. The fraction of sp³-hybridized carbons (Fsp3) is 0.583. The van der Waals surface area contributed by atoms with Crippen molar-refractivity contribution in [2.75, 3.05) is 5.32 Å². The van der Waals surface area contributed by atoms with Crippen molar-refractivity contribution in [1.82, 2.24) is 25.4 Å². The van der Waals surface area contributed by atoms with E-state index in [1.807, 2.05) is 50.9 Å². The number of nitrogens with zero attached hydrogens (tertiary/aromatic N) is 4. The van der Waals surface area contributed by atoms with Crippen molar-refractivity contribution in [3.63, 3.8) is 0 Å². The molecule has 0 radical (unpaired) electrons. The van der Waals surface area contributed by atoms with Gasteiger partial charge in [-0.05, 0) is 65.5 Å². The number of hydrogen-bond donors (Lipinski definition) is 3. The number of nitrogens with one attached hydrogen (secondary N) is 3. The van der Waals surface area contributed by atoms with E-state index in [-0.39, 0.29) is 30.4 Å². The van der Waals surface area contributed by atoms with Crippen LogP contribution in [0.1, 0.15) is 63.4 Å². The number of fused-ring (bicyclic) bond motifs is 3. The van der Waals surface area contributed by atoms with Gasteiger partial charge in [-0.3, -0.25) is 10.1 Å².